The van der Waals surface area contributed by atoms with Crippen LogP contribution in [0, 0.1) is 13.8 Å². The molecule has 16 heavy (non-hydrogen) atoms. The lowest BCUT2D eigenvalue weighted by atomic mass is 10.2. The second kappa shape index (κ2) is 4.76. The molecule has 0 aliphatic heterocycles. The first-order valence-electron chi connectivity index (χ1n) is 5.27. The summed E-state index contributed by atoms with van der Waals surface area (Å²) in [6, 6.07) is 15.4. The van der Waals surface area contributed by atoms with Crippen LogP contribution in [-0.4, -0.2) is 0 Å². The molecule has 2 heteroatoms. The van der Waals surface area contributed by atoms with Crippen LogP contribution in [0.5, 0.6) is 0 Å². The van der Waals surface area contributed by atoms with Gasteiger partial charge in [0.05, 0.1) is 0 Å². The summed E-state index contributed by atoms with van der Waals surface area (Å²) in [5, 5.41) is 1.65. The van der Waals surface area contributed by atoms with E-state index in [2.05, 4.69) is 0 Å². The van der Waals surface area contributed by atoms with E-state index in [-0.39, 0.29) is 0 Å². The molecule has 0 spiro atoms. The van der Waals surface area contributed by atoms with Gasteiger partial charge in [-0.15, -0.1) is 0 Å². The zero-order valence-corrected chi connectivity index (χ0v) is 10.3. The van der Waals surface area contributed by atoms with Crippen LogP contribution in [0.1, 0.15) is 11.1 Å². The molecule has 0 saturated carbocycles. The minimum absolute atomic E-state index is 0.826. The highest BCUT2D eigenvalue weighted by Gasteiger charge is 2.16. The van der Waals surface area contributed by atoms with Crippen LogP contribution in [0.2, 0.25) is 0 Å². The van der Waals surface area contributed by atoms with Crippen molar-refractivity contribution >= 4 is 18.8 Å². The number of benzene rings is 2. The zero-order chi connectivity index (χ0) is 11.5. The van der Waals surface area contributed by atoms with E-state index in [1.165, 1.54) is 0 Å². The molecule has 0 radical (unpaired) electrons. The first-order chi connectivity index (χ1) is 7.70. The molecule has 0 bridgehead atoms. The highest BCUT2D eigenvalue weighted by atomic mass is 31.2. The molecule has 0 aliphatic rings. The third-order valence-electron chi connectivity index (χ3n) is 2.65. The van der Waals surface area contributed by atoms with E-state index in [1.807, 2.05) is 62.4 Å². The van der Waals surface area contributed by atoms with Gasteiger partial charge in [0.25, 0.3) is 0 Å². The molecule has 82 valence electrons. The van der Waals surface area contributed by atoms with E-state index < -0.39 is 8.23 Å². The smallest absolute Gasteiger partial charge is 0.145 e. The highest BCUT2D eigenvalue weighted by Crippen LogP contribution is 2.36. The molecule has 0 saturated heterocycles. The number of halogens is 1. The summed E-state index contributed by atoms with van der Waals surface area (Å²) in [6.07, 6.45) is 0. The van der Waals surface area contributed by atoms with Crippen molar-refractivity contribution in [1.82, 2.24) is 0 Å². The molecule has 2 aromatic carbocycles. The van der Waals surface area contributed by atoms with Gasteiger partial charge in [-0.2, -0.15) is 0 Å². The quantitative estimate of drug-likeness (QED) is 0.694. The van der Waals surface area contributed by atoms with Gasteiger partial charge in [-0.3, -0.25) is 0 Å². The molecule has 0 atom stereocenters. The lowest BCUT2D eigenvalue weighted by Gasteiger charge is -2.13. The molecule has 2 aromatic rings. The van der Waals surface area contributed by atoms with Crippen LogP contribution in [0.4, 0.5) is 4.20 Å². The Kier molecular flexibility index (Phi) is 3.36. The number of rotatable bonds is 2. The Morgan fingerprint density at radius 3 is 1.50 bits per heavy atom. The fourth-order valence-corrected chi connectivity index (χ4v) is 3.16. The largest absolute Gasteiger partial charge is 0.217 e. The molecule has 0 aromatic heterocycles. The monoisotopic (exact) mass is 232 g/mol. The molecule has 0 N–H and O–H groups in total. The Bertz CT molecular complexity index is 448. The second-order valence-electron chi connectivity index (χ2n) is 3.85. The Morgan fingerprint density at radius 1 is 0.750 bits per heavy atom. The first kappa shape index (κ1) is 11.3. The van der Waals surface area contributed by atoms with Crippen molar-refractivity contribution < 1.29 is 4.20 Å². The van der Waals surface area contributed by atoms with Crippen molar-refractivity contribution in [2.24, 2.45) is 0 Å². The van der Waals surface area contributed by atoms with Crippen LogP contribution in [-0.2, 0) is 0 Å². The lowest BCUT2D eigenvalue weighted by Crippen LogP contribution is -2.13. The third kappa shape index (κ3) is 2.15. The molecular weight excluding hydrogens is 218 g/mol. The van der Waals surface area contributed by atoms with E-state index in [9.17, 15) is 4.20 Å². The van der Waals surface area contributed by atoms with Crippen molar-refractivity contribution in [2.45, 2.75) is 13.8 Å². The summed E-state index contributed by atoms with van der Waals surface area (Å²) in [4.78, 5) is 0. The minimum atomic E-state index is -1.71. The van der Waals surface area contributed by atoms with Gasteiger partial charge in [-0.25, -0.2) is 4.20 Å². The Hall–Kier alpha value is -1.20. The number of aryl methyl sites for hydroxylation is 2. The molecule has 0 fully saturated rings. The summed E-state index contributed by atoms with van der Waals surface area (Å²) in [7, 11) is -1.71. The maximum absolute atomic E-state index is 14.5. The summed E-state index contributed by atoms with van der Waals surface area (Å²) in [5.74, 6) is 0. The molecule has 0 unspecified atom stereocenters. The van der Waals surface area contributed by atoms with Gasteiger partial charge in [-0.1, -0.05) is 48.5 Å². The van der Waals surface area contributed by atoms with Crippen molar-refractivity contribution in [3.63, 3.8) is 0 Å². The SMILES string of the molecule is Cc1ccccc1P(F)c1ccccc1C. The molecule has 0 heterocycles. The Morgan fingerprint density at radius 2 is 1.12 bits per heavy atom. The first-order valence-corrected chi connectivity index (χ1v) is 6.50. The average molecular weight is 232 g/mol. The van der Waals surface area contributed by atoms with Crippen LogP contribution in [0.15, 0.2) is 48.5 Å². The average Bonchev–Trinajstić information content (AvgIpc) is 2.29. The van der Waals surface area contributed by atoms with Crippen molar-refractivity contribution in [3.05, 3.63) is 59.7 Å². The van der Waals surface area contributed by atoms with Crippen molar-refractivity contribution in [2.75, 3.05) is 0 Å². The van der Waals surface area contributed by atoms with Crippen molar-refractivity contribution in [1.29, 1.82) is 0 Å². The van der Waals surface area contributed by atoms with E-state index in [0.29, 0.717) is 0 Å². The number of hydrogen-bond donors (Lipinski definition) is 0. The van der Waals surface area contributed by atoms with Crippen molar-refractivity contribution in [3.8, 4) is 0 Å². The molecule has 2 rings (SSSR count). The van der Waals surface area contributed by atoms with Gasteiger partial charge in [0.15, 0.2) is 0 Å². The van der Waals surface area contributed by atoms with Gasteiger partial charge >= 0.3 is 0 Å². The summed E-state index contributed by atoms with van der Waals surface area (Å²) < 4.78 is 14.5. The highest BCUT2D eigenvalue weighted by molar-refractivity contribution is 7.68. The van der Waals surface area contributed by atoms with Gasteiger partial charge in [0.1, 0.15) is 8.23 Å². The van der Waals surface area contributed by atoms with E-state index in [1.54, 1.807) is 0 Å². The molecular formula is C14H14FP. The van der Waals surface area contributed by atoms with Gasteiger partial charge in [0.2, 0.25) is 0 Å². The molecule has 0 aliphatic carbocycles. The predicted molar refractivity (Wildman–Crippen MR) is 69.7 cm³/mol. The zero-order valence-electron chi connectivity index (χ0n) is 9.44. The number of hydrogen-bond acceptors (Lipinski definition) is 0. The van der Waals surface area contributed by atoms with Gasteiger partial charge in [-0.05, 0) is 25.0 Å². The van der Waals surface area contributed by atoms with E-state index in [0.717, 1.165) is 21.7 Å². The Labute approximate surface area is 97.0 Å². The van der Waals surface area contributed by atoms with E-state index >= 15 is 0 Å². The maximum Gasteiger partial charge on any atom is 0.145 e. The molecule has 0 nitrogen and oxygen atoms in total. The predicted octanol–water partition coefficient (Wildman–Crippen LogP) is 3.62. The fourth-order valence-electron chi connectivity index (χ4n) is 1.70. The van der Waals surface area contributed by atoms with Gasteiger partial charge in [0, 0.05) is 10.6 Å². The second-order valence-corrected chi connectivity index (χ2v) is 5.38. The summed E-state index contributed by atoms with van der Waals surface area (Å²) >= 11 is 0. The standard InChI is InChI=1S/C14H14FP/c1-11-7-3-5-9-13(11)16(15)14-10-6-4-8-12(14)2/h3-10H,1-2H3. The third-order valence-corrected chi connectivity index (χ3v) is 4.50. The van der Waals surface area contributed by atoms with Crippen LogP contribution < -0.4 is 10.6 Å². The molecule has 0 amide bonds. The summed E-state index contributed by atoms with van der Waals surface area (Å²) in [6.45, 7) is 3.92. The summed E-state index contributed by atoms with van der Waals surface area (Å²) in [5.41, 5.74) is 2.05. The van der Waals surface area contributed by atoms with Crippen LogP contribution in [0.3, 0.4) is 0 Å². The van der Waals surface area contributed by atoms with E-state index in [4.69, 9.17) is 0 Å². The van der Waals surface area contributed by atoms with Gasteiger partial charge < -0.3 is 0 Å². The lowest BCUT2D eigenvalue weighted by molar-refractivity contribution is 0.915. The normalized spacial score (nSPS) is 10.8. The Balaban J connectivity index is 2.44. The topological polar surface area (TPSA) is 0 Å². The minimum Gasteiger partial charge on any atom is -0.217 e. The maximum atomic E-state index is 14.5. The fraction of sp³-hybridized carbons (Fsp3) is 0.143. The van der Waals surface area contributed by atoms with Crippen LogP contribution >= 0.6 is 8.23 Å². The van der Waals surface area contributed by atoms with Crippen LogP contribution in [0.25, 0.3) is 0 Å².